The second-order valence-electron chi connectivity index (χ2n) is 7.18. The van der Waals surface area contributed by atoms with Crippen molar-refractivity contribution in [2.75, 3.05) is 6.61 Å². The van der Waals surface area contributed by atoms with Gasteiger partial charge in [-0.1, -0.05) is 40.9 Å². The Hall–Kier alpha value is -2.28. The molecule has 1 N–H and O–H groups in total. The smallest absolute Gasteiger partial charge is 0.277 e. The molecule has 162 valence electrons. The zero-order valence-electron chi connectivity index (χ0n) is 17.6. The molecule has 0 atom stereocenters. The predicted molar refractivity (Wildman–Crippen MR) is 130 cm³/mol. The molecular weight excluding hydrogens is 501 g/mol. The topological polar surface area (TPSA) is 55.6 Å². The third-order valence-corrected chi connectivity index (χ3v) is 6.37. The summed E-state index contributed by atoms with van der Waals surface area (Å²) < 4.78 is 8.52. The highest BCUT2D eigenvalue weighted by Gasteiger charge is 2.17. The molecule has 5 nitrogen and oxygen atoms in total. The van der Waals surface area contributed by atoms with Gasteiger partial charge in [0.15, 0.2) is 6.61 Å². The van der Waals surface area contributed by atoms with Crippen molar-refractivity contribution < 1.29 is 9.53 Å². The third kappa shape index (κ3) is 5.32. The monoisotopic (exact) mass is 521 g/mol. The van der Waals surface area contributed by atoms with E-state index in [0.717, 1.165) is 27.1 Å². The van der Waals surface area contributed by atoms with Crippen molar-refractivity contribution in [1.82, 2.24) is 9.99 Å². The molecule has 0 aliphatic rings. The van der Waals surface area contributed by atoms with Crippen LogP contribution in [0.4, 0.5) is 0 Å². The van der Waals surface area contributed by atoms with Crippen molar-refractivity contribution >= 4 is 51.3 Å². The minimum Gasteiger partial charge on any atom is -0.482 e. The number of hydrogen-bond acceptors (Lipinski definition) is 3. The molecule has 0 saturated heterocycles. The molecule has 0 unspecified atom stereocenters. The lowest BCUT2D eigenvalue weighted by Crippen LogP contribution is -2.24. The molecule has 0 fully saturated rings. The summed E-state index contributed by atoms with van der Waals surface area (Å²) in [5, 5.41) is 4.93. The molecule has 0 saturated carbocycles. The number of carbonyl (C=O) groups is 1. The molecular formula is C23H22BrCl2N3O2. The number of aromatic nitrogens is 1. The number of carbonyl (C=O) groups excluding carboxylic acids is 1. The van der Waals surface area contributed by atoms with E-state index in [9.17, 15) is 4.79 Å². The van der Waals surface area contributed by atoms with Crippen molar-refractivity contribution in [3.05, 3.63) is 79.0 Å². The Morgan fingerprint density at radius 3 is 2.55 bits per heavy atom. The molecule has 31 heavy (non-hydrogen) atoms. The van der Waals surface area contributed by atoms with Crippen LogP contribution in [-0.2, 0) is 4.79 Å². The van der Waals surface area contributed by atoms with E-state index in [-0.39, 0.29) is 6.61 Å². The average Bonchev–Trinajstić information content (AvgIpc) is 2.91. The molecule has 2 aromatic carbocycles. The highest BCUT2D eigenvalue weighted by atomic mass is 79.9. The molecule has 0 radical (unpaired) electrons. The molecule has 3 aromatic rings. The first kappa shape index (κ1) is 23.4. The maximum absolute atomic E-state index is 12.1. The van der Waals surface area contributed by atoms with Gasteiger partial charge in [0, 0.05) is 32.1 Å². The van der Waals surface area contributed by atoms with Crippen LogP contribution < -0.4 is 10.2 Å². The Labute approximate surface area is 200 Å². The van der Waals surface area contributed by atoms with Crippen LogP contribution in [-0.4, -0.2) is 23.3 Å². The highest BCUT2D eigenvalue weighted by molar-refractivity contribution is 9.10. The van der Waals surface area contributed by atoms with Crippen molar-refractivity contribution in [1.29, 1.82) is 0 Å². The van der Waals surface area contributed by atoms with E-state index in [0.29, 0.717) is 15.8 Å². The van der Waals surface area contributed by atoms with Gasteiger partial charge in [-0.15, -0.1) is 0 Å². The number of hydrogen-bond donors (Lipinski definition) is 1. The quantitative estimate of drug-likeness (QED) is 0.304. The number of nitrogens with one attached hydrogen (secondary N) is 1. The number of hydrazone groups is 1. The maximum atomic E-state index is 12.1. The van der Waals surface area contributed by atoms with Crippen LogP contribution in [0.2, 0.25) is 10.0 Å². The molecule has 0 aliphatic heterocycles. The van der Waals surface area contributed by atoms with E-state index in [1.807, 2.05) is 13.8 Å². The molecule has 0 aliphatic carbocycles. The fraction of sp³-hybridized carbons (Fsp3) is 0.217. The standard InChI is InChI=1S/C23H22BrCl2N3O2/c1-13-5-7-20(14(2)9-13)29-15(3)18(23(24)16(29)4)11-27-28-22(30)12-31-21-8-6-17(25)10-19(21)26/h5-11H,12H2,1-4H3,(H,28,30)/b27-11-. The molecule has 0 spiro atoms. The van der Waals surface area contributed by atoms with Gasteiger partial charge in [-0.2, -0.15) is 5.10 Å². The number of aryl methyl sites for hydroxylation is 2. The molecule has 1 amide bonds. The predicted octanol–water partition coefficient (Wildman–Crippen LogP) is 6.31. The average molecular weight is 523 g/mol. The number of amides is 1. The lowest BCUT2D eigenvalue weighted by Gasteiger charge is -2.13. The Kier molecular flexibility index (Phi) is 7.46. The maximum Gasteiger partial charge on any atom is 0.277 e. The van der Waals surface area contributed by atoms with Gasteiger partial charge in [-0.3, -0.25) is 4.79 Å². The van der Waals surface area contributed by atoms with Crippen molar-refractivity contribution in [3.63, 3.8) is 0 Å². The number of halogens is 3. The normalized spacial score (nSPS) is 11.2. The lowest BCUT2D eigenvalue weighted by atomic mass is 10.1. The molecule has 1 heterocycles. The second kappa shape index (κ2) is 9.90. The van der Waals surface area contributed by atoms with E-state index in [1.54, 1.807) is 24.4 Å². The summed E-state index contributed by atoms with van der Waals surface area (Å²) in [7, 11) is 0. The van der Waals surface area contributed by atoms with Gasteiger partial charge >= 0.3 is 0 Å². The minimum absolute atomic E-state index is 0.221. The Balaban J connectivity index is 1.71. The number of rotatable bonds is 6. The highest BCUT2D eigenvalue weighted by Crippen LogP contribution is 2.31. The molecule has 0 bridgehead atoms. The van der Waals surface area contributed by atoms with Gasteiger partial charge in [0.2, 0.25) is 0 Å². The summed E-state index contributed by atoms with van der Waals surface area (Å²) in [6.45, 7) is 8.01. The van der Waals surface area contributed by atoms with Gasteiger partial charge in [0.05, 0.1) is 11.2 Å². The van der Waals surface area contributed by atoms with Crippen LogP contribution in [0, 0.1) is 27.7 Å². The lowest BCUT2D eigenvalue weighted by molar-refractivity contribution is -0.123. The van der Waals surface area contributed by atoms with Gasteiger partial charge in [-0.25, -0.2) is 5.43 Å². The first-order valence-corrected chi connectivity index (χ1v) is 11.1. The Morgan fingerprint density at radius 1 is 1.13 bits per heavy atom. The van der Waals surface area contributed by atoms with Crippen LogP contribution in [0.25, 0.3) is 5.69 Å². The summed E-state index contributed by atoms with van der Waals surface area (Å²) in [4.78, 5) is 12.1. The third-order valence-electron chi connectivity index (χ3n) is 4.84. The van der Waals surface area contributed by atoms with Crippen molar-refractivity contribution in [3.8, 4) is 11.4 Å². The molecule has 1 aromatic heterocycles. The SMILES string of the molecule is Cc1ccc(-n2c(C)c(Br)c(/C=N\NC(=O)COc3ccc(Cl)cc3Cl)c2C)c(C)c1. The van der Waals surface area contributed by atoms with E-state index >= 15 is 0 Å². The van der Waals surface area contributed by atoms with Crippen molar-refractivity contribution in [2.24, 2.45) is 5.10 Å². The summed E-state index contributed by atoms with van der Waals surface area (Å²) in [6, 6.07) is 11.2. The van der Waals surface area contributed by atoms with Crippen LogP contribution >= 0.6 is 39.1 Å². The van der Waals surface area contributed by atoms with E-state index in [2.05, 4.69) is 63.1 Å². The zero-order valence-corrected chi connectivity index (χ0v) is 20.7. The molecule has 3 rings (SSSR count). The Bertz CT molecular complexity index is 1170. The summed E-state index contributed by atoms with van der Waals surface area (Å²) >= 11 is 15.6. The van der Waals surface area contributed by atoms with E-state index in [4.69, 9.17) is 27.9 Å². The first-order valence-electron chi connectivity index (χ1n) is 9.53. The van der Waals surface area contributed by atoms with E-state index in [1.165, 1.54) is 11.1 Å². The second-order valence-corrected chi connectivity index (χ2v) is 8.82. The van der Waals surface area contributed by atoms with Crippen LogP contribution in [0.3, 0.4) is 0 Å². The molecule has 8 heteroatoms. The summed E-state index contributed by atoms with van der Waals surface area (Å²) in [5.74, 6) is -0.0217. The number of nitrogens with zero attached hydrogens (tertiary/aromatic N) is 2. The fourth-order valence-electron chi connectivity index (χ4n) is 3.33. The van der Waals surface area contributed by atoms with Gasteiger partial charge in [0.25, 0.3) is 5.91 Å². The fourth-order valence-corrected chi connectivity index (χ4v) is 4.36. The van der Waals surface area contributed by atoms with Crippen molar-refractivity contribution in [2.45, 2.75) is 27.7 Å². The minimum atomic E-state index is -0.401. The van der Waals surface area contributed by atoms with E-state index < -0.39 is 5.91 Å². The van der Waals surface area contributed by atoms with Crippen LogP contribution in [0.15, 0.2) is 46.0 Å². The van der Waals surface area contributed by atoms with Crippen LogP contribution in [0.5, 0.6) is 5.75 Å². The summed E-state index contributed by atoms with van der Waals surface area (Å²) in [5.41, 5.74) is 8.95. The Morgan fingerprint density at radius 2 is 1.87 bits per heavy atom. The largest absolute Gasteiger partial charge is 0.482 e. The first-order chi connectivity index (χ1) is 14.7. The number of ether oxygens (including phenoxy) is 1. The van der Waals surface area contributed by atoms with Gasteiger partial charge in [0.1, 0.15) is 5.75 Å². The number of benzene rings is 2. The zero-order chi connectivity index (χ0) is 22.7. The summed E-state index contributed by atoms with van der Waals surface area (Å²) in [6.07, 6.45) is 1.62. The van der Waals surface area contributed by atoms with Gasteiger partial charge < -0.3 is 9.30 Å². The van der Waals surface area contributed by atoms with Crippen LogP contribution in [0.1, 0.15) is 28.1 Å². The van der Waals surface area contributed by atoms with Gasteiger partial charge in [-0.05, 0) is 73.5 Å².